The minimum absolute atomic E-state index is 0.0155. The normalized spacial score (nSPS) is 14.7. The Morgan fingerprint density at radius 1 is 0.697 bits per heavy atom. The number of amides is 1. The van der Waals surface area contributed by atoms with Gasteiger partial charge in [-0.3, -0.25) is 9.59 Å². The van der Waals surface area contributed by atoms with Crippen molar-refractivity contribution in [2.75, 3.05) is 32.7 Å². The van der Waals surface area contributed by atoms with Gasteiger partial charge in [0.15, 0.2) is 0 Å². The van der Waals surface area contributed by atoms with Crippen LogP contribution in [0.15, 0.2) is 122 Å². The number of carbonyl (C=O) groups is 2. The van der Waals surface area contributed by atoms with Crippen molar-refractivity contribution in [2.24, 2.45) is 40.2 Å². The van der Waals surface area contributed by atoms with Gasteiger partial charge in [0.1, 0.15) is 0 Å². The molecule has 3 N–H and O–H groups in total. The fraction of sp³-hybridized carbons (Fsp3) is 0.517. The van der Waals surface area contributed by atoms with E-state index in [0.717, 1.165) is 31.2 Å². The van der Waals surface area contributed by atoms with Crippen LogP contribution < -0.4 is 11.1 Å². The van der Waals surface area contributed by atoms with Crippen LogP contribution in [0.3, 0.4) is 0 Å². The van der Waals surface area contributed by atoms with Crippen molar-refractivity contribution >= 4 is 34.9 Å². The van der Waals surface area contributed by atoms with E-state index in [0.29, 0.717) is 63.5 Å². The van der Waals surface area contributed by atoms with Gasteiger partial charge >= 0.3 is 0 Å². The largest absolute Gasteiger partial charge is 0.352 e. The highest BCUT2D eigenvalue weighted by Crippen LogP contribution is 2.34. The van der Waals surface area contributed by atoms with Gasteiger partial charge in [0.05, 0.1) is 24.0 Å². The molecule has 66 heavy (non-hydrogen) atoms. The molecule has 8 heteroatoms. The third-order valence-corrected chi connectivity index (χ3v) is 12.4. The van der Waals surface area contributed by atoms with Gasteiger partial charge in [0, 0.05) is 23.9 Å². The number of allylic oxidation sites excluding steroid dienone is 6. The number of nitrogens with one attached hydrogen (secondary N) is 1. The number of nitrogens with zero attached hydrogens (tertiary/aromatic N) is 3. The molecule has 0 bridgehead atoms. The van der Waals surface area contributed by atoms with Gasteiger partial charge in [-0.15, -0.1) is 13.2 Å². The second kappa shape index (κ2) is 40.5. The summed E-state index contributed by atoms with van der Waals surface area (Å²) in [5, 5.41) is 21.4. The summed E-state index contributed by atoms with van der Waals surface area (Å²) in [6.45, 7) is 30.8. The Balaban J connectivity index is 0. The van der Waals surface area contributed by atoms with Crippen LogP contribution in [-0.2, 0) is 9.59 Å². The molecule has 6 unspecified atom stereocenters. The molecule has 1 amide bonds. The molecule has 6 atom stereocenters. The average Bonchev–Trinajstić information content (AvgIpc) is 3.34. The van der Waals surface area contributed by atoms with Crippen molar-refractivity contribution < 1.29 is 9.59 Å². The highest BCUT2D eigenvalue weighted by atomic mass is 35.5. The van der Waals surface area contributed by atoms with E-state index < -0.39 is 10.8 Å². The topological polar surface area (TPSA) is 123 Å². The van der Waals surface area contributed by atoms with Crippen LogP contribution in [0, 0.1) is 57.2 Å². The first-order valence-corrected chi connectivity index (χ1v) is 24.7. The molecule has 0 aromatic heterocycles. The number of nitriles is 2. The lowest BCUT2D eigenvalue weighted by Crippen LogP contribution is -2.39. The number of halogens is 1. The van der Waals surface area contributed by atoms with E-state index in [2.05, 4.69) is 88.4 Å². The number of benzene rings is 2. The van der Waals surface area contributed by atoms with E-state index in [1.54, 1.807) is 0 Å². The molecular weight excluding hydrogens is 834 g/mol. The van der Waals surface area contributed by atoms with Crippen LogP contribution in [0.2, 0.25) is 0 Å². The van der Waals surface area contributed by atoms with Crippen LogP contribution in [0.5, 0.6) is 0 Å². The van der Waals surface area contributed by atoms with Crippen LogP contribution in [0.1, 0.15) is 138 Å². The summed E-state index contributed by atoms with van der Waals surface area (Å²) in [4.78, 5) is 26.6. The first-order valence-electron chi connectivity index (χ1n) is 24.3. The number of nitrogens with two attached hydrogens (primary N) is 1. The summed E-state index contributed by atoms with van der Waals surface area (Å²) in [6.07, 6.45) is 28.2. The fourth-order valence-electron chi connectivity index (χ4n) is 6.49. The minimum Gasteiger partial charge on any atom is -0.352 e. The van der Waals surface area contributed by atoms with E-state index in [1.165, 1.54) is 25.2 Å². The lowest BCUT2D eigenvalue weighted by molar-refractivity contribution is -0.131. The lowest BCUT2D eigenvalue weighted by Gasteiger charge is -2.28. The molecular formula is C58H88ClN5O2. The molecule has 0 fully saturated rings. The highest BCUT2D eigenvalue weighted by molar-refractivity contribution is 6.64. The van der Waals surface area contributed by atoms with Crippen molar-refractivity contribution in [1.29, 1.82) is 10.5 Å². The van der Waals surface area contributed by atoms with Crippen LogP contribution in [0.4, 0.5) is 0 Å². The Kier molecular flexibility index (Phi) is 38.8. The number of rotatable bonds is 28. The van der Waals surface area contributed by atoms with Gasteiger partial charge in [0.25, 0.3) is 0 Å². The molecule has 2 aromatic carbocycles. The van der Waals surface area contributed by atoms with Crippen LogP contribution in [0.25, 0.3) is 12.2 Å². The van der Waals surface area contributed by atoms with E-state index >= 15 is 0 Å². The predicted octanol–water partition coefficient (Wildman–Crippen LogP) is 14.6. The second-order valence-corrected chi connectivity index (χ2v) is 17.7. The second-order valence-electron chi connectivity index (χ2n) is 17.3. The molecule has 0 heterocycles. The molecule has 0 aliphatic rings. The summed E-state index contributed by atoms with van der Waals surface area (Å²) in [6, 6.07) is 24.8. The summed E-state index contributed by atoms with van der Waals surface area (Å²) in [5.41, 5.74) is 6.48. The average molecular weight is 923 g/mol. The van der Waals surface area contributed by atoms with Crippen molar-refractivity contribution in [1.82, 2.24) is 10.2 Å². The number of carbonyl (C=O) groups excluding carboxylic acids is 2. The van der Waals surface area contributed by atoms with Crippen molar-refractivity contribution in [3.05, 3.63) is 134 Å². The molecule has 2 rings (SSSR count). The van der Waals surface area contributed by atoms with Gasteiger partial charge in [-0.25, -0.2) is 0 Å². The zero-order chi connectivity index (χ0) is 50.1. The van der Waals surface area contributed by atoms with Gasteiger partial charge in [0.2, 0.25) is 11.1 Å². The monoisotopic (exact) mass is 922 g/mol. The summed E-state index contributed by atoms with van der Waals surface area (Å²) in [5.74, 6) is 0.731. The maximum absolute atomic E-state index is 12.8. The third-order valence-electron chi connectivity index (χ3n) is 12.0. The highest BCUT2D eigenvalue weighted by Gasteiger charge is 2.34. The van der Waals surface area contributed by atoms with Gasteiger partial charge < -0.3 is 16.0 Å². The Hall–Kier alpha value is -4.79. The predicted molar refractivity (Wildman–Crippen MR) is 286 cm³/mol. The molecule has 0 saturated carbocycles. The first-order chi connectivity index (χ1) is 31.6. The van der Waals surface area contributed by atoms with Gasteiger partial charge in [-0.1, -0.05) is 184 Å². The fourth-order valence-corrected chi connectivity index (χ4v) is 6.70. The Labute approximate surface area is 408 Å². The van der Waals surface area contributed by atoms with Crippen molar-refractivity contribution in [3.8, 4) is 12.1 Å². The SMILES string of the molecule is C=CC(C)CCC=CCC(C#N)CC(C)(CC)C(=O)Cl.C=CC(C)CCC=CCC(C#N)CC(C)(CC)C(=O)NC/C=C/c1ccccc1.CCN(CC)CC.NC/C=C/c1ccccc1. The van der Waals surface area contributed by atoms with Crippen LogP contribution >= 0.6 is 11.6 Å². The molecule has 0 spiro atoms. The summed E-state index contributed by atoms with van der Waals surface area (Å²) >= 11 is 5.65. The molecule has 364 valence electrons. The molecule has 0 aliphatic carbocycles. The van der Waals surface area contributed by atoms with Gasteiger partial charge in [-0.05, 0) is 118 Å². The van der Waals surface area contributed by atoms with Crippen molar-refractivity contribution in [2.45, 2.75) is 127 Å². The van der Waals surface area contributed by atoms with E-state index in [4.69, 9.17) is 17.3 Å². The number of hydrogen-bond donors (Lipinski definition) is 2. The molecule has 2 aromatic rings. The molecule has 0 aliphatic heterocycles. The Bertz CT molecular complexity index is 1770. The lowest BCUT2D eigenvalue weighted by atomic mass is 9.77. The zero-order valence-corrected chi connectivity index (χ0v) is 43.2. The standard InChI is InChI=1S/C26H36N2O.C17H26ClNO.C9H11N.C6H15N/c1-5-22(3)14-9-7-12-17-24(21-27)20-26(4,6-2)25(29)28-19-13-18-23-15-10-8-11-16-23;1-5-14(3)10-8-7-9-11-15(13-19)12-17(4,6-2)16(18)20;10-8-4-7-9-5-2-1-3-6-9;1-4-7(5-2)6-3/h5,7-8,10-13,15-16,18,22,24H,1,6,9,14,17,19-20H2,2-4H3,(H,28,29);5,7,9,14-15H,1,6,8,10-12H2,2-4H3;1-7H,8,10H2;4-6H2,1-3H3/b12-7?,18-13+;;7-4+;. The quantitative estimate of drug-likeness (QED) is 0.0647. The third kappa shape index (κ3) is 31.2. The maximum Gasteiger partial charge on any atom is 0.227 e. The number of hydrogen-bond acceptors (Lipinski definition) is 6. The Morgan fingerprint density at radius 2 is 1.11 bits per heavy atom. The van der Waals surface area contributed by atoms with Crippen molar-refractivity contribution in [3.63, 3.8) is 0 Å². The van der Waals surface area contributed by atoms with E-state index in [9.17, 15) is 20.1 Å². The Morgan fingerprint density at radius 3 is 1.44 bits per heavy atom. The minimum atomic E-state index is -0.590. The van der Waals surface area contributed by atoms with Crippen LogP contribution in [-0.4, -0.2) is 48.8 Å². The van der Waals surface area contributed by atoms with Gasteiger partial charge in [-0.2, -0.15) is 10.5 Å². The van der Waals surface area contributed by atoms with E-state index in [-0.39, 0.29) is 23.0 Å². The molecule has 0 saturated heterocycles. The summed E-state index contributed by atoms with van der Waals surface area (Å²) in [7, 11) is 0. The summed E-state index contributed by atoms with van der Waals surface area (Å²) < 4.78 is 0. The first kappa shape index (κ1) is 63.3. The van der Waals surface area contributed by atoms with E-state index in [1.807, 2.05) is 131 Å². The smallest absolute Gasteiger partial charge is 0.227 e. The molecule has 7 nitrogen and oxygen atoms in total. The maximum atomic E-state index is 12.8. The molecule has 0 radical (unpaired) electrons. The zero-order valence-electron chi connectivity index (χ0n) is 42.5.